The molecule has 8 heteroatoms. The number of fused-ring (bicyclic) bond motifs is 2. The summed E-state index contributed by atoms with van der Waals surface area (Å²) in [4.78, 5) is 24.7. The van der Waals surface area contributed by atoms with Gasteiger partial charge in [0, 0.05) is 12.0 Å². The summed E-state index contributed by atoms with van der Waals surface area (Å²) in [5, 5.41) is 0.254. The first kappa shape index (κ1) is 18.4. The van der Waals surface area contributed by atoms with Crippen molar-refractivity contribution in [1.82, 2.24) is 0 Å². The molecule has 0 fully saturated rings. The van der Waals surface area contributed by atoms with Crippen molar-refractivity contribution in [2.75, 3.05) is 33.0 Å². The molecule has 0 saturated heterocycles. The molecule has 0 amide bonds. The van der Waals surface area contributed by atoms with Gasteiger partial charge in [0.2, 0.25) is 0 Å². The zero-order chi connectivity index (χ0) is 19.5. The van der Waals surface area contributed by atoms with Crippen molar-refractivity contribution in [2.45, 2.75) is 6.42 Å². The predicted molar refractivity (Wildman–Crippen MR) is 99.1 cm³/mol. The molecule has 146 valence electrons. The molecule has 0 N–H and O–H groups in total. The second kappa shape index (κ2) is 7.98. The Morgan fingerprint density at radius 2 is 1.57 bits per heavy atom. The first-order valence-electron chi connectivity index (χ1n) is 8.81. The molecule has 0 bridgehead atoms. The number of benzene rings is 2. The lowest BCUT2D eigenvalue weighted by Crippen LogP contribution is -2.17. The van der Waals surface area contributed by atoms with Crippen molar-refractivity contribution >= 4 is 23.4 Å². The number of esters is 1. The third kappa shape index (κ3) is 3.84. The van der Waals surface area contributed by atoms with Crippen LogP contribution in [0.4, 0.5) is 0 Å². The van der Waals surface area contributed by atoms with E-state index < -0.39 is 12.6 Å². The summed E-state index contributed by atoms with van der Waals surface area (Å²) in [6.07, 6.45) is 0.717. The summed E-state index contributed by atoms with van der Waals surface area (Å²) in [5.74, 6) is 0.840. The van der Waals surface area contributed by atoms with E-state index in [0.29, 0.717) is 55.0 Å². The highest BCUT2D eigenvalue weighted by molar-refractivity contribution is 6.32. The van der Waals surface area contributed by atoms with Crippen LogP contribution in [0.25, 0.3) is 0 Å². The second-order valence-electron chi connectivity index (χ2n) is 6.19. The van der Waals surface area contributed by atoms with E-state index in [0.717, 1.165) is 6.42 Å². The average Bonchev–Trinajstić information content (AvgIpc) is 2.97. The van der Waals surface area contributed by atoms with Crippen molar-refractivity contribution in [1.29, 1.82) is 0 Å². The lowest BCUT2D eigenvalue weighted by molar-refractivity contribution is 0.0474. The fourth-order valence-electron chi connectivity index (χ4n) is 2.86. The highest BCUT2D eigenvalue weighted by Crippen LogP contribution is 2.38. The highest BCUT2D eigenvalue weighted by atomic mass is 35.5. The minimum Gasteiger partial charge on any atom is -0.489 e. The summed E-state index contributed by atoms with van der Waals surface area (Å²) >= 11 is 6.18. The van der Waals surface area contributed by atoms with E-state index >= 15 is 0 Å². The molecule has 2 aliphatic heterocycles. The predicted octanol–water partition coefficient (Wildman–Crippen LogP) is 3.31. The van der Waals surface area contributed by atoms with Crippen LogP contribution in [0.3, 0.4) is 0 Å². The zero-order valence-electron chi connectivity index (χ0n) is 14.9. The number of carbonyl (C=O) groups is 2. The third-order valence-electron chi connectivity index (χ3n) is 4.24. The molecule has 2 aliphatic rings. The Bertz CT molecular complexity index is 925. The van der Waals surface area contributed by atoms with Crippen LogP contribution >= 0.6 is 11.6 Å². The van der Waals surface area contributed by atoms with Crippen LogP contribution in [0.15, 0.2) is 30.3 Å². The topological polar surface area (TPSA) is 80.3 Å². The van der Waals surface area contributed by atoms with Crippen LogP contribution in [-0.4, -0.2) is 44.8 Å². The van der Waals surface area contributed by atoms with Gasteiger partial charge in [-0.2, -0.15) is 0 Å². The van der Waals surface area contributed by atoms with Gasteiger partial charge in [-0.15, -0.1) is 0 Å². The molecule has 0 unspecified atom stereocenters. The van der Waals surface area contributed by atoms with Gasteiger partial charge in [0.05, 0.1) is 23.8 Å². The Kier molecular flexibility index (Phi) is 5.25. The molecular weight excluding hydrogens is 388 g/mol. The van der Waals surface area contributed by atoms with E-state index in [2.05, 4.69) is 0 Å². The van der Waals surface area contributed by atoms with Crippen LogP contribution in [0.5, 0.6) is 23.0 Å². The minimum atomic E-state index is -0.677. The van der Waals surface area contributed by atoms with Gasteiger partial charge in [0.1, 0.15) is 13.2 Å². The monoisotopic (exact) mass is 404 g/mol. The molecule has 4 rings (SSSR count). The normalized spacial score (nSPS) is 14.8. The Hall–Kier alpha value is -2.93. The number of carbonyl (C=O) groups excluding carboxylic acids is 2. The van der Waals surface area contributed by atoms with Gasteiger partial charge in [0.25, 0.3) is 0 Å². The highest BCUT2D eigenvalue weighted by Gasteiger charge is 2.21. The maximum atomic E-state index is 12.4. The fraction of sp³-hybridized carbons (Fsp3) is 0.300. The van der Waals surface area contributed by atoms with E-state index in [1.165, 1.54) is 12.1 Å². The van der Waals surface area contributed by atoms with Crippen molar-refractivity contribution in [3.05, 3.63) is 46.5 Å². The summed E-state index contributed by atoms with van der Waals surface area (Å²) in [6, 6.07) is 7.78. The minimum absolute atomic E-state index is 0.184. The molecule has 2 aromatic carbocycles. The van der Waals surface area contributed by atoms with Gasteiger partial charge in [0.15, 0.2) is 35.4 Å². The lowest BCUT2D eigenvalue weighted by Gasteiger charge is -2.18. The van der Waals surface area contributed by atoms with Crippen molar-refractivity contribution in [2.24, 2.45) is 0 Å². The molecular formula is C20H17ClO7. The lowest BCUT2D eigenvalue weighted by atomic mass is 10.1. The molecule has 0 aromatic heterocycles. The molecule has 28 heavy (non-hydrogen) atoms. The van der Waals surface area contributed by atoms with Crippen LogP contribution in [0.1, 0.15) is 27.1 Å². The molecule has 0 aliphatic carbocycles. The first-order chi connectivity index (χ1) is 13.6. The smallest absolute Gasteiger partial charge is 0.338 e. The SMILES string of the molecule is O=C(COC(=O)c1cc(Cl)c2c(c1)OCCCO2)c1ccc2c(c1)OCCO2. The number of halogens is 1. The quantitative estimate of drug-likeness (QED) is 0.571. The fourth-order valence-corrected chi connectivity index (χ4v) is 3.13. The Morgan fingerprint density at radius 3 is 2.43 bits per heavy atom. The standard InChI is InChI=1S/C20H17ClO7/c21-14-8-13(10-18-19(14)27-5-1-4-24-18)20(23)28-11-15(22)12-2-3-16-17(9-12)26-7-6-25-16/h2-3,8-10H,1,4-7,11H2. The van der Waals surface area contributed by atoms with Gasteiger partial charge in [-0.1, -0.05) is 11.6 Å². The van der Waals surface area contributed by atoms with Crippen molar-refractivity contribution < 1.29 is 33.3 Å². The summed E-state index contributed by atoms with van der Waals surface area (Å²) in [5.41, 5.74) is 0.554. The number of hydrogen-bond acceptors (Lipinski definition) is 7. The van der Waals surface area contributed by atoms with Crippen LogP contribution in [0, 0.1) is 0 Å². The van der Waals surface area contributed by atoms with Crippen LogP contribution < -0.4 is 18.9 Å². The summed E-state index contributed by atoms with van der Waals surface area (Å²) < 4.78 is 27.1. The maximum Gasteiger partial charge on any atom is 0.338 e. The van der Waals surface area contributed by atoms with Gasteiger partial charge < -0.3 is 23.7 Å². The van der Waals surface area contributed by atoms with Crippen LogP contribution in [0.2, 0.25) is 5.02 Å². The Morgan fingerprint density at radius 1 is 0.857 bits per heavy atom. The van der Waals surface area contributed by atoms with Crippen LogP contribution in [-0.2, 0) is 4.74 Å². The van der Waals surface area contributed by atoms with Gasteiger partial charge >= 0.3 is 5.97 Å². The van der Waals surface area contributed by atoms with Crippen molar-refractivity contribution in [3.63, 3.8) is 0 Å². The molecule has 2 heterocycles. The average molecular weight is 405 g/mol. The van der Waals surface area contributed by atoms with Crippen molar-refractivity contribution in [3.8, 4) is 23.0 Å². The van der Waals surface area contributed by atoms with Gasteiger partial charge in [-0.25, -0.2) is 4.79 Å². The zero-order valence-corrected chi connectivity index (χ0v) is 15.6. The molecule has 0 saturated carbocycles. The van der Waals surface area contributed by atoms with E-state index in [4.69, 9.17) is 35.3 Å². The third-order valence-corrected chi connectivity index (χ3v) is 4.52. The molecule has 7 nitrogen and oxygen atoms in total. The van der Waals surface area contributed by atoms with Gasteiger partial charge in [-0.3, -0.25) is 4.79 Å². The second-order valence-corrected chi connectivity index (χ2v) is 6.60. The first-order valence-corrected chi connectivity index (χ1v) is 9.19. The number of Topliss-reactive ketones (excluding diaryl/α,β-unsaturated/α-hetero) is 1. The molecule has 0 radical (unpaired) electrons. The largest absolute Gasteiger partial charge is 0.489 e. The molecule has 0 spiro atoms. The van der Waals surface area contributed by atoms with E-state index in [1.54, 1.807) is 18.2 Å². The number of rotatable bonds is 4. The number of hydrogen-bond donors (Lipinski definition) is 0. The molecule has 2 aromatic rings. The summed E-state index contributed by atoms with van der Waals surface area (Å²) in [7, 11) is 0. The van der Waals surface area contributed by atoms with E-state index in [1.807, 2.05) is 0 Å². The number of ketones is 1. The van der Waals surface area contributed by atoms with Gasteiger partial charge in [-0.05, 0) is 30.3 Å². The Balaban J connectivity index is 1.43. The Labute approximate surface area is 166 Å². The van der Waals surface area contributed by atoms with E-state index in [-0.39, 0.29) is 16.4 Å². The number of ether oxygens (including phenoxy) is 5. The maximum absolute atomic E-state index is 12.4. The van der Waals surface area contributed by atoms with E-state index in [9.17, 15) is 9.59 Å². The summed E-state index contributed by atoms with van der Waals surface area (Å²) in [6.45, 7) is 1.43. The molecule has 0 atom stereocenters.